The SMILES string of the molecule is CSC(C)C(=O)NCCN(C)C. The molecule has 1 amide bonds. The summed E-state index contributed by atoms with van der Waals surface area (Å²) in [4.78, 5) is 13.3. The van der Waals surface area contributed by atoms with E-state index in [1.54, 1.807) is 11.8 Å². The molecule has 0 bridgehead atoms. The Kier molecular flexibility index (Phi) is 6.20. The van der Waals surface area contributed by atoms with Crippen LogP contribution in [0.5, 0.6) is 0 Å². The van der Waals surface area contributed by atoms with Crippen LogP contribution in [-0.2, 0) is 4.79 Å². The lowest BCUT2D eigenvalue weighted by atomic mass is 10.4. The predicted octanol–water partition coefficient (Wildman–Crippen LogP) is 0.416. The van der Waals surface area contributed by atoms with Gasteiger partial charge in [-0.25, -0.2) is 0 Å². The minimum atomic E-state index is 0.0622. The number of hydrogen-bond donors (Lipinski definition) is 1. The highest BCUT2D eigenvalue weighted by Gasteiger charge is 2.09. The Balaban J connectivity index is 3.44. The van der Waals surface area contributed by atoms with Crippen molar-refractivity contribution in [3.63, 3.8) is 0 Å². The fraction of sp³-hybridized carbons (Fsp3) is 0.875. The van der Waals surface area contributed by atoms with Gasteiger partial charge in [0.15, 0.2) is 0 Å². The molecule has 0 radical (unpaired) electrons. The fourth-order valence-electron chi connectivity index (χ4n) is 0.653. The molecule has 0 saturated heterocycles. The summed E-state index contributed by atoms with van der Waals surface area (Å²) in [7, 11) is 3.98. The molecule has 0 aliphatic rings. The van der Waals surface area contributed by atoms with Crippen LogP contribution in [0, 0.1) is 0 Å². The first-order chi connectivity index (χ1) is 5.57. The zero-order valence-electron chi connectivity index (χ0n) is 8.26. The Morgan fingerprint density at radius 2 is 2.17 bits per heavy atom. The van der Waals surface area contributed by atoms with Crippen molar-refractivity contribution in [2.75, 3.05) is 33.4 Å². The fourth-order valence-corrected chi connectivity index (χ4v) is 0.951. The molecule has 3 nitrogen and oxygen atoms in total. The molecule has 0 aromatic carbocycles. The molecule has 0 rings (SSSR count). The van der Waals surface area contributed by atoms with Crippen molar-refractivity contribution in [3.05, 3.63) is 0 Å². The lowest BCUT2D eigenvalue weighted by Gasteiger charge is -2.12. The summed E-state index contributed by atoms with van der Waals surface area (Å²) in [5, 5.41) is 2.93. The van der Waals surface area contributed by atoms with Gasteiger partial charge in [0, 0.05) is 13.1 Å². The van der Waals surface area contributed by atoms with Crippen molar-refractivity contribution in [1.29, 1.82) is 0 Å². The van der Waals surface area contributed by atoms with Gasteiger partial charge in [0.1, 0.15) is 0 Å². The monoisotopic (exact) mass is 190 g/mol. The van der Waals surface area contributed by atoms with Gasteiger partial charge in [-0.3, -0.25) is 4.79 Å². The first-order valence-corrected chi connectivity index (χ1v) is 5.32. The second kappa shape index (κ2) is 6.31. The summed E-state index contributed by atoms with van der Waals surface area (Å²) in [6.45, 7) is 3.54. The van der Waals surface area contributed by atoms with Gasteiger partial charge in [-0.05, 0) is 27.3 Å². The van der Waals surface area contributed by atoms with E-state index in [1.807, 2.05) is 32.2 Å². The van der Waals surface area contributed by atoms with E-state index in [-0.39, 0.29) is 11.2 Å². The third-order valence-electron chi connectivity index (χ3n) is 1.58. The highest BCUT2D eigenvalue weighted by molar-refractivity contribution is 7.99. The van der Waals surface area contributed by atoms with Crippen molar-refractivity contribution in [1.82, 2.24) is 10.2 Å². The molecule has 72 valence electrons. The number of nitrogens with zero attached hydrogens (tertiary/aromatic N) is 1. The number of carbonyl (C=O) groups excluding carboxylic acids is 1. The normalized spacial score (nSPS) is 13.1. The highest BCUT2D eigenvalue weighted by Crippen LogP contribution is 2.03. The third kappa shape index (κ3) is 5.43. The Bertz CT molecular complexity index is 139. The second-order valence-corrected chi connectivity index (χ2v) is 4.15. The minimum Gasteiger partial charge on any atom is -0.354 e. The van der Waals surface area contributed by atoms with Gasteiger partial charge >= 0.3 is 0 Å². The maximum absolute atomic E-state index is 11.2. The number of thioether (sulfide) groups is 1. The maximum Gasteiger partial charge on any atom is 0.232 e. The molecule has 1 atom stereocenters. The number of carbonyl (C=O) groups is 1. The molecule has 0 heterocycles. The Morgan fingerprint density at radius 3 is 2.58 bits per heavy atom. The second-order valence-electron chi connectivity index (χ2n) is 2.97. The van der Waals surface area contributed by atoms with E-state index in [4.69, 9.17) is 0 Å². The maximum atomic E-state index is 11.2. The molecule has 0 aromatic heterocycles. The topological polar surface area (TPSA) is 32.3 Å². The van der Waals surface area contributed by atoms with E-state index in [0.717, 1.165) is 13.1 Å². The molecule has 0 fully saturated rings. The van der Waals surface area contributed by atoms with Crippen molar-refractivity contribution in [2.45, 2.75) is 12.2 Å². The van der Waals surface area contributed by atoms with Crippen molar-refractivity contribution < 1.29 is 4.79 Å². The van der Waals surface area contributed by atoms with Gasteiger partial charge in [0.25, 0.3) is 0 Å². The lowest BCUT2D eigenvalue weighted by Crippen LogP contribution is -2.35. The van der Waals surface area contributed by atoms with Gasteiger partial charge in [-0.2, -0.15) is 11.8 Å². The molecule has 0 spiro atoms. The Morgan fingerprint density at radius 1 is 1.58 bits per heavy atom. The zero-order valence-corrected chi connectivity index (χ0v) is 9.07. The van der Waals surface area contributed by atoms with E-state index >= 15 is 0 Å². The molecule has 1 N–H and O–H groups in total. The Labute approximate surface area is 78.9 Å². The van der Waals surface area contributed by atoms with Gasteiger partial charge < -0.3 is 10.2 Å². The summed E-state index contributed by atoms with van der Waals surface area (Å²) in [5.41, 5.74) is 0. The number of rotatable bonds is 5. The van der Waals surface area contributed by atoms with Crippen LogP contribution in [-0.4, -0.2) is 49.5 Å². The van der Waals surface area contributed by atoms with Crippen LogP contribution in [0.15, 0.2) is 0 Å². The summed E-state index contributed by atoms with van der Waals surface area (Å²) in [5.74, 6) is 0.129. The van der Waals surface area contributed by atoms with Crippen LogP contribution in [0.3, 0.4) is 0 Å². The smallest absolute Gasteiger partial charge is 0.232 e. The summed E-state index contributed by atoms with van der Waals surface area (Å²) in [6.07, 6.45) is 1.94. The first-order valence-electron chi connectivity index (χ1n) is 4.03. The van der Waals surface area contributed by atoms with E-state index in [9.17, 15) is 4.79 Å². The number of nitrogens with one attached hydrogen (secondary N) is 1. The van der Waals surface area contributed by atoms with Crippen molar-refractivity contribution in [2.24, 2.45) is 0 Å². The summed E-state index contributed by atoms with van der Waals surface area (Å²) >= 11 is 1.57. The summed E-state index contributed by atoms with van der Waals surface area (Å²) < 4.78 is 0. The molecule has 12 heavy (non-hydrogen) atoms. The van der Waals surface area contributed by atoms with Gasteiger partial charge in [0.05, 0.1) is 5.25 Å². The average Bonchev–Trinajstić information content (AvgIpc) is 2.02. The van der Waals surface area contributed by atoms with Crippen LogP contribution in [0.25, 0.3) is 0 Å². The summed E-state index contributed by atoms with van der Waals surface area (Å²) in [6, 6.07) is 0. The molecule has 4 heteroatoms. The van der Waals surface area contributed by atoms with Crippen LogP contribution in [0.2, 0.25) is 0 Å². The van der Waals surface area contributed by atoms with Crippen molar-refractivity contribution in [3.8, 4) is 0 Å². The molecule has 0 aliphatic heterocycles. The molecule has 0 aromatic rings. The number of hydrogen-bond acceptors (Lipinski definition) is 3. The van der Waals surface area contributed by atoms with E-state index in [1.165, 1.54) is 0 Å². The van der Waals surface area contributed by atoms with Crippen LogP contribution in [0.1, 0.15) is 6.92 Å². The standard InChI is InChI=1S/C8H18N2OS/c1-7(12-4)8(11)9-5-6-10(2)3/h7H,5-6H2,1-4H3,(H,9,11). The van der Waals surface area contributed by atoms with Gasteiger partial charge in [0.2, 0.25) is 5.91 Å². The van der Waals surface area contributed by atoms with Gasteiger partial charge in [-0.1, -0.05) is 0 Å². The number of amides is 1. The lowest BCUT2D eigenvalue weighted by molar-refractivity contribution is -0.120. The highest BCUT2D eigenvalue weighted by atomic mass is 32.2. The van der Waals surface area contributed by atoms with Crippen molar-refractivity contribution >= 4 is 17.7 Å². The van der Waals surface area contributed by atoms with Gasteiger partial charge in [-0.15, -0.1) is 0 Å². The molecular formula is C8H18N2OS. The quantitative estimate of drug-likeness (QED) is 0.682. The van der Waals surface area contributed by atoms with Crippen LogP contribution < -0.4 is 5.32 Å². The first kappa shape index (κ1) is 11.8. The zero-order chi connectivity index (χ0) is 9.56. The van der Waals surface area contributed by atoms with Crippen LogP contribution in [0.4, 0.5) is 0 Å². The minimum absolute atomic E-state index is 0.0622. The molecular weight excluding hydrogens is 172 g/mol. The van der Waals surface area contributed by atoms with Crippen LogP contribution >= 0.6 is 11.8 Å². The molecule has 0 saturated carbocycles. The Hall–Kier alpha value is -0.220. The predicted molar refractivity (Wildman–Crippen MR) is 54.5 cm³/mol. The molecule has 1 unspecified atom stereocenters. The van der Waals surface area contributed by atoms with E-state index in [2.05, 4.69) is 5.32 Å². The third-order valence-corrected chi connectivity index (χ3v) is 2.50. The average molecular weight is 190 g/mol. The molecule has 0 aliphatic carbocycles. The van der Waals surface area contributed by atoms with E-state index in [0.29, 0.717) is 0 Å². The number of likely N-dealkylation sites (N-methyl/N-ethyl adjacent to an activating group) is 1. The largest absolute Gasteiger partial charge is 0.354 e. The van der Waals surface area contributed by atoms with E-state index < -0.39 is 0 Å².